The first kappa shape index (κ1) is 23.5. The molecule has 0 bridgehead atoms. The van der Waals surface area contributed by atoms with E-state index in [2.05, 4.69) is 15.0 Å². The lowest BCUT2D eigenvalue weighted by Crippen LogP contribution is -2.29. The van der Waals surface area contributed by atoms with Gasteiger partial charge >= 0.3 is 0 Å². The number of allylic oxidation sites excluding steroid dienone is 4. The van der Waals surface area contributed by atoms with Gasteiger partial charge in [-0.1, -0.05) is 0 Å². The van der Waals surface area contributed by atoms with Crippen molar-refractivity contribution < 1.29 is 9.59 Å². The highest BCUT2D eigenvalue weighted by Gasteiger charge is 2.33. The molecule has 2 atom stereocenters. The van der Waals surface area contributed by atoms with Gasteiger partial charge in [-0.2, -0.15) is 21.0 Å². The molecule has 0 saturated heterocycles. The van der Waals surface area contributed by atoms with Gasteiger partial charge < -0.3 is 11.5 Å². The molecular formula is C23H17N9O2. The number of aliphatic imine (C=N–C) groups is 2. The van der Waals surface area contributed by atoms with Crippen molar-refractivity contribution in [3.05, 3.63) is 51.4 Å². The van der Waals surface area contributed by atoms with Gasteiger partial charge in [0.1, 0.15) is 35.7 Å². The average molecular weight is 451 g/mol. The lowest BCUT2D eigenvalue weighted by Gasteiger charge is -2.25. The molecule has 166 valence electrons. The smallest absolute Gasteiger partial charge is 0.174 e. The Morgan fingerprint density at radius 1 is 0.824 bits per heavy atom. The Hall–Kier alpha value is -5.13. The summed E-state index contributed by atoms with van der Waals surface area (Å²) in [5.41, 5.74) is 11.4. The molecule has 0 amide bonds. The zero-order chi connectivity index (χ0) is 24.8. The van der Waals surface area contributed by atoms with E-state index in [4.69, 9.17) is 32.5 Å². The minimum absolute atomic E-state index is 0.273. The van der Waals surface area contributed by atoms with Crippen LogP contribution in [0.4, 0.5) is 0 Å². The van der Waals surface area contributed by atoms with E-state index in [1.54, 1.807) is 24.3 Å². The van der Waals surface area contributed by atoms with Crippen LogP contribution in [0.1, 0.15) is 44.9 Å². The molecule has 4 N–H and O–H groups in total. The van der Waals surface area contributed by atoms with Crippen molar-refractivity contribution in [3.63, 3.8) is 0 Å². The number of carbonyl (C=O) groups is 2. The van der Waals surface area contributed by atoms with E-state index in [9.17, 15) is 9.59 Å². The van der Waals surface area contributed by atoms with Crippen molar-refractivity contribution in [1.82, 2.24) is 4.98 Å². The first-order valence-electron chi connectivity index (χ1n) is 10.1. The Kier molecular flexibility index (Phi) is 6.92. The quantitative estimate of drug-likeness (QED) is 0.494. The average Bonchev–Trinajstić information content (AvgIpc) is 2.86. The third-order valence-corrected chi connectivity index (χ3v) is 5.50. The third-order valence-electron chi connectivity index (χ3n) is 5.50. The van der Waals surface area contributed by atoms with E-state index < -0.39 is 11.8 Å². The predicted octanol–water partition coefficient (Wildman–Crippen LogP) is 1.15. The van der Waals surface area contributed by atoms with E-state index >= 15 is 0 Å². The number of ketones is 2. The van der Waals surface area contributed by atoms with E-state index in [1.165, 1.54) is 18.5 Å². The van der Waals surface area contributed by atoms with Gasteiger partial charge in [-0.3, -0.25) is 14.6 Å². The van der Waals surface area contributed by atoms with Gasteiger partial charge in [-0.05, 0) is 31.7 Å². The molecule has 3 rings (SSSR count). The van der Waals surface area contributed by atoms with Crippen LogP contribution in [-0.4, -0.2) is 29.0 Å². The second kappa shape index (κ2) is 9.99. The molecule has 0 fully saturated rings. The number of fused-ring (bicyclic) bond motifs is 2. The monoisotopic (exact) mass is 451 g/mol. The minimum Gasteiger partial charge on any atom is -0.388 e. The first-order valence-corrected chi connectivity index (χ1v) is 10.1. The number of carbonyl (C=O) groups excluding carboxylic acids is 2. The van der Waals surface area contributed by atoms with Crippen molar-refractivity contribution in [2.75, 3.05) is 0 Å². The number of pyridine rings is 1. The maximum atomic E-state index is 13.0. The summed E-state index contributed by atoms with van der Waals surface area (Å²) in [5, 5.41) is 35.8. The number of Topliss-reactive ketones (excluding diaryl/α,β-unsaturated/α-hetero) is 2. The molecule has 0 spiro atoms. The second-order valence-electron chi connectivity index (χ2n) is 7.52. The van der Waals surface area contributed by atoms with Gasteiger partial charge in [-0.25, -0.2) is 9.98 Å². The molecule has 34 heavy (non-hydrogen) atoms. The third kappa shape index (κ3) is 4.55. The van der Waals surface area contributed by atoms with Crippen LogP contribution >= 0.6 is 0 Å². The summed E-state index contributed by atoms with van der Waals surface area (Å²) >= 11 is 0. The standard InChI is InChI=1S/C23H17N9O2/c24-6-16(28)20(8-26)30-10-12-1-3-18-14(22(12)33)5-15-19(32-18)4-2-13(23(15)34)11-31-21(9-27)17(29)7-25/h5,10-13H,1-4,28-29H2/b20-16-,21-17-,30-10?,31-11?. The van der Waals surface area contributed by atoms with Crippen LogP contribution in [-0.2, 0) is 12.8 Å². The highest BCUT2D eigenvalue weighted by Crippen LogP contribution is 2.30. The summed E-state index contributed by atoms with van der Waals surface area (Å²) in [5.74, 6) is -1.91. The molecule has 1 aromatic heterocycles. The highest BCUT2D eigenvalue weighted by atomic mass is 16.1. The Morgan fingerprint density at radius 3 is 1.59 bits per heavy atom. The SMILES string of the molecule is N#C/C(N)=C(\C#N)N=CC1CCc2nc3c(cc2C1=O)C(=O)C(C=N/C(C#N)=C(\N)C#N)CC3. The predicted molar refractivity (Wildman–Crippen MR) is 118 cm³/mol. The van der Waals surface area contributed by atoms with Crippen molar-refractivity contribution in [2.45, 2.75) is 25.7 Å². The van der Waals surface area contributed by atoms with Crippen molar-refractivity contribution in [2.24, 2.45) is 33.3 Å². The fraction of sp³-hybridized carbons (Fsp3) is 0.261. The van der Waals surface area contributed by atoms with Gasteiger partial charge in [0.15, 0.2) is 23.0 Å². The maximum absolute atomic E-state index is 13.0. The summed E-state index contributed by atoms with van der Waals surface area (Å²) in [7, 11) is 0. The number of aryl methyl sites for hydroxylation is 2. The Labute approximate surface area is 194 Å². The van der Waals surface area contributed by atoms with E-state index in [0.29, 0.717) is 48.2 Å². The number of aromatic nitrogens is 1. The summed E-state index contributed by atoms with van der Waals surface area (Å²) in [4.78, 5) is 38.4. The van der Waals surface area contributed by atoms with Gasteiger partial charge in [0, 0.05) is 23.6 Å². The van der Waals surface area contributed by atoms with E-state index in [1.807, 2.05) is 0 Å². The van der Waals surface area contributed by atoms with Crippen LogP contribution in [0.3, 0.4) is 0 Å². The van der Waals surface area contributed by atoms with Crippen LogP contribution in [0.25, 0.3) is 0 Å². The molecule has 1 aromatic rings. The molecular weight excluding hydrogens is 434 g/mol. The zero-order valence-electron chi connectivity index (χ0n) is 17.8. The summed E-state index contributed by atoms with van der Waals surface area (Å²) < 4.78 is 0. The number of hydrogen-bond donors (Lipinski definition) is 2. The molecule has 0 aliphatic heterocycles. The highest BCUT2D eigenvalue weighted by molar-refractivity contribution is 6.12. The van der Waals surface area contributed by atoms with Crippen molar-refractivity contribution >= 4 is 24.0 Å². The Bertz CT molecular complexity index is 1270. The molecule has 2 unspecified atom stereocenters. The zero-order valence-corrected chi connectivity index (χ0v) is 17.8. The molecule has 11 heteroatoms. The Balaban J connectivity index is 1.89. The largest absolute Gasteiger partial charge is 0.388 e. The Morgan fingerprint density at radius 2 is 1.24 bits per heavy atom. The number of nitriles is 4. The second-order valence-corrected chi connectivity index (χ2v) is 7.52. The van der Waals surface area contributed by atoms with Gasteiger partial charge in [-0.15, -0.1) is 0 Å². The fourth-order valence-electron chi connectivity index (χ4n) is 3.68. The molecule has 11 nitrogen and oxygen atoms in total. The summed E-state index contributed by atoms with van der Waals surface area (Å²) in [6.45, 7) is 0. The van der Waals surface area contributed by atoms with Crippen molar-refractivity contribution in [3.8, 4) is 24.3 Å². The summed E-state index contributed by atoms with van der Waals surface area (Å²) in [6.07, 6.45) is 4.37. The van der Waals surface area contributed by atoms with Crippen LogP contribution in [0, 0.1) is 57.2 Å². The lowest BCUT2D eigenvalue weighted by atomic mass is 9.81. The first-order chi connectivity index (χ1) is 16.3. The molecule has 0 aromatic carbocycles. The van der Waals surface area contributed by atoms with Crippen LogP contribution < -0.4 is 11.5 Å². The molecule has 0 radical (unpaired) electrons. The number of rotatable bonds is 4. The van der Waals surface area contributed by atoms with Gasteiger partial charge in [0.05, 0.1) is 23.2 Å². The van der Waals surface area contributed by atoms with E-state index in [-0.39, 0.29) is 34.4 Å². The van der Waals surface area contributed by atoms with Gasteiger partial charge in [0.25, 0.3) is 0 Å². The molecule has 2 aliphatic rings. The number of nitrogens with two attached hydrogens (primary N) is 2. The van der Waals surface area contributed by atoms with Crippen LogP contribution in [0.2, 0.25) is 0 Å². The number of nitrogens with zero attached hydrogens (tertiary/aromatic N) is 7. The van der Waals surface area contributed by atoms with E-state index in [0.717, 1.165) is 0 Å². The topological polar surface area (TPSA) is 219 Å². The normalized spacial score (nSPS) is 20.8. The fourth-order valence-corrected chi connectivity index (χ4v) is 3.68. The van der Waals surface area contributed by atoms with Crippen molar-refractivity contribution in [1.29, 1.82) is 21.0 Å². The molecule has 1 heterocycles. The maximum Gasteiger partial charge on any atom is 0.174 e. The minimum atomic E-state index is -0.657. The van der Waals surface area contributed by atoms with Crippen LogP contribution in [0.15, 0.2) is 38.8 Å². The van der Waals surface area contributed by atoms with Gasteiger partial charge in [0.2, 0.25) is 0 Å². The number of hydrogen-bond acceptors (Lipinski definition) is 11. The molecule has 2 aliphatic carbocycles. The lowest BCUT2D eigenvalue weighted by molar-refractivity contribution is 0.0939. The molecule has 0 saturated carbocycles. The van der Waals surface area contributed by atoms with Crippen LogP contribution in [0.5, 0.6) is 0 Å². The summed E-state index contributed by atoms with van der Waals surface area (Å²) in [6, 6.07) is 8.24.